The fourth-order valence-electron chi connectivity index (χ4n) is 4.48. The van der Waals surface area contributed by atoms with Crippen molar-refractivity contribution in [2.45, 2.75) is 116 Å². The van der Waals surface area contributed by atoms with Crippen molar-refractivity contribution in [3.63, 3.8) is 0 Å². The molecule has 0 spiro atoms. The molecule has 0 aromatic heterocycles. The van der Waals surface area contributed by atoms with E-state index in [4.69, 9.17) is 18.5 Å². The van der Waals surface area contributed by atoms with Gasteiger partial charge in [-0.1, -0.05) is 90.4 Å². The Morgan fingerprint density at radius 3 is 1.82 bits per heavy atom. The van der Waals surface area contributed by atoms with Gasteiger partial charge in [0.1, 0.15) is 13.2 Å². The number of quaternary nitrogens is 1. The van der Waals surface area contributed by atoms with Crippen molar-refractivity contribution >= 4 is 13.9 Å². The summed E-state index contributed by atoms with van der Waals surface area (Å²) in [5.41, 5.74) is 0. The van der Waals surface area contributed by atoms with Crippen molar-refractivity contribution in [2.75, 3.05) is 67.2 Å². The fraction of sp³-hybridized carbons (Fsp3) is 0.966. The maximum Gasteiger partial charge on any atom is 0.410 e. The highest BCUT2D eigenvalue weighted by Crippen LogP contribution is 2.38. The highest BCUT2D eigenvalue weighted by molar-refractivity contribution is 7.45. The molecule has 0 radical (unpaired) electrons. The molecule has 0 bridgehead atoms. The second-order valence-electron chi connectivity index (χ2n) is 12.0. The first-order valence-corrected chi connectivity index (χ1v) is 17.0. The van der Waals surface area contributed by atoms with Crippen molar-refractivity contribution in [1.82, 2.24) is 4.90 Å². The zero-order valence-corrected chi connectivity index (χ0v) is 26.4. The second-order valence-corrected chi connectivity index (χ2v) is 13.4. The van der Waals surface area contributed by atoms with Crippen LogP contribution >= 0.6 is 7.82 Å². The molecule has 232 valence electrons. The Morgan fingerprint density at radius 2 is 1.31 bits per heavy atom. The molecule has 2 unspecified atom stereocenters. The van der Waals surface area contributed by atoms with Gasteiger partial charge in [0.25, 0.3) is 7.82 Å². The lowest BCUT2D eigenvalue weighted by molar-refractivity contribution is -0.870. The van der Waals surface area contributed by atoms with Crippen molar-refractivity contribution in [1.29, 1.82) is 0 Å². The van der Waals surface area contributed by atoms with Gasteiger partial charge in [0.15, 0.2) is 6.10 Å². The molecule has 1 aliphatic rings. The third-order valence-corrected chi connectivity index (χ3v) is 7.97. The average Bonchev–Trinajstić information content (AvgIpc) is 3.41. The molecule has 0 aliphatic carbocycles. The van der Waals surface area contributed by atoms with Crippen molar-refractivity contribution < 1.29 is 37.3 Å². The minimum atomic E-state index is -4.50. The SMILES string of the molecule is CCCCCCCCCCCCCCCCOCC(COP(=O)([O-])OCC[N+](C)(C)C)OC(=O)N1CCCC1. The molecule has 1 fully saturated rings. The summed E-state index contributed by atoms with van der Waals surface area (Å²) < 4.78 is 34.0. The number of hydrogen-bond acceptors (Lipinski definition) is 7. The maximum atomic E-state index is 12.4. The number of amides is 1. The first kappa shape index (κ1) is 36.3. The van der Waals surface area contributed by atoms with Crippen LogP contribution in [-0.4, -0.2) is 88.8 Å². The first-order chi connectivity index (χ1) is 18.6. The van der Waals surface area contributed by atoms with Gasteiger partial charge in [0.05, 0.1) is 34.4 Å². The van der Waals surface area contributed by atoms with E-state index in [0.717, 1.165) is 25.7 Å². The van der Waals surface area contributed by atoms with Crippen molar-refractivity contribution in [3.05, 3.63) is 0 Å². The lowest BCUT2D eigenvalue weighted by Crippen LogP contribution is -2.38. The Balaban J connectivity index is 2.19. The molecule has 0 N–H and O–H groups in total. The number of phosphoric ester groups is 1. The number of rotatable bonds is 25. The van der Waals surface area contributed by atoms with Gasteiger partial charge in [-0.05, 0) is 19.3 Å². The molecule has 39 heavy (non-hydrogen) atoms. The minimum Gasteiger partial charge on any atom is -0.756 e. The third-order valence-electron chi connectivity index (χ3n) is 7.01. The first-order valence-electron chi connectivity index (χ1n) is 15.6. The van der Waals surface area contributed by atoms with E-state index in [1.807, 2.05) is 21.1 Å². The number of unbranched alkanes of at least 4 members (excludes halogenated alkanes) is 13. The molecule has 1 aliphatic heterocycles. The molecular formula is C29H59N2O7P. The van der Waals surface area contributed by atoms with Crippen LogP contribution < -0.4 is 4.89 Å². The van der Waals surface area contributed by atoms with Gasteiger partial charge in [-0.25, -0.2) is 4.79 Å². The van der Waals surface area contributed by atoms with E-state index in [-0.39, 0.29) is 19.8 Å². The maximum absolute atomic E-state index is 12.4. The Kier molecular flexibility index (Phi) is 20.5. The van der Waals surface area contributed by atoms with Crippen LogP contribution in [0.25, 0.3) is 0 Å². The summed E-state index contributed by atoms with van der Waals surface area (Å²) in [5, 5.41) is 0. The predicted molar refractivity (Wildman–Crippen MR) is 155 cm³/mol. The molecular weight excluding hydrogens is 519 g/mol. The molecule has 0 aromatic rings. The van der Waals surface area contributed by atoms with E-state index in [1.165, 1.54) is 77.0 Å². The number of nitrogens with zero attached hydrogens (tertiary/aromatic N) is 2. The summed E-state index contributed by atoms with van der Waals surface area (Å²) >= 11 is 0. The van der Waals surface area contributed by atoms with Gasteiger partial charge in [-0.2, -0.15) is 0 Å². The van der Waals surface area contributed by atoms with E-state index in [1.54, 1.807) is 4.90 Å². The number of ether oxygens (including phenoxy) is 2. The van der Waals surface area contributed by atoms with E-state index < -0.39 is 20.0 Å². The summed E-state index contributed by atoms with van der Waals surface area (Å²) in [7, 11) is 1.35. The van der Waals surface area contributed by atoms with Gasteiger partial charge in [0, 0.05) is 19.7 Å². The van der Waals surface area contributed by atoms with Crippen LogP contribution in [0.3, 0.4) is 0 Å². The van der Waals surface area contributed by atoms with Gasteiger partial charge in [-0.3, -0.25) is 4.57 Å². The van der Waals surface area contributed by atoms with Crippen LogP contribution in [0.4, 0.5) is 4.79 Å². The van der Waals surface area contributed by atoms with Gasteiger partial charge in [0.2, 0.25) is 0 Å². The number of likely N-dealkylation sites (N-methyl/N-ethyl adjacent to an activating group) is 1. The van der Waals surface area contributed by atoms with Gasteiger partial charge < -0.3 is 32.8 Å². The zero-order valence-electron chi connectivity index (χ0n) is 25.5. The molecule has 1 rings (SSSR count). The number of carbonyl (C=O) groups is 1. The van der Waals surface area contributed by atoms with E-state index in [2.05, 4.69) is 6.92 Å². The van der Waals surface area contributed by atoms with Crippen molar-refractivity contribution in [2.24, 2.45) is 0 Å². The van der Waals surface area contributed by atoms with Gasteiger partial charge >= 0.3 is 6.09 Å². The summed E-state index contributed by atoms with van der Waals surface area (Å²) in [6.45, 7) is 4.44. The monoisotopic (exact) mass is 578 g/mol. The van der Waals surface area contributed by atoms with Crippen LogP contribution in [0.1, 0.15) is 110 Å². The Morgan fingerprint density at radius 1 is 0.795 bits per heavy atom. The Bertz CT molecular complexity index is 654. The minimum absolute atomic E-state index is 0.0259. The van der Waals surface area contributed by atoms with E-state index in [9.17, 15) is 14.3 Å². The average molecular weight is 579 g/mol. The van der Waals surface area contributed by atoms with Crippen molar-refractivity contribution in [3.8, 4) is 0 Å². The molecule has 10 heteroatoms. The molecule has 9 nitrogen and oxygen atoms in total. The Labute approximate surface area is 239 Å². The van der Waals surface area contributed by atoms with E-state index in [0.29, 0.717) is 30.7 Å². The molecule has 1 saturated heterocycles. The normalized spacial score (nSPS) is 16.4. The Hall–Kier alpha value is -0.700. The summed E-state index contributed by atoms with van der Waals surface area (Å²) in [5.74, 6) is 0. The van der Waals surface area contributed by atoms with Crippen LogP contribution in [0.2, 0.25) is 0 Å². The fourth-order valence-corrected chi connectivity index (χ4v) is 5.21. The van der Waals surface area contributed by atoms with Crippen LogP contribution in [0, 0.1) is 0 Å². The number of hydrogen-bond donors (Lipinski definition) is 0. The summed E-state index contributed by atoms with van der Waals surface area (Å²) in [6, 6.07) is 0. The van der Waals surface area contributed by atoms with E-state index >= 15 is 0 Å². The van der Waals surface area contributed by atoms with Crippen LogP contribution in [0.5, 0.6) is 0 Å². The second kappa shape index (κ2) is 22.0. The molecule has 0 saturated carbocycles. The number of phosphoric acid groups is 1. The zero-order chi connectivity index (χ0) is 28.8. The third kappa shape index (κ3) is 21.7. The highest BCUT2D eigenvalue weighted by Gasteiger charge is 2.25. The standard InChI is InChI=1S/C29H59N2O7P/c1-5-6-7-8-9-10-11-12-13-14-15-16-17-20-24-35-26-28(38-29(32)30-21-18-19-22-30)27-37-39(33,34)36-25-23-31(2,3)4/h28H,5-27H2,1-4H3. The molecule has 2 atom stereocenters. The summed E-state index contributed by atoms with van der Waals surface area (Å²) in [4.78, 5) is 26.3. The molecule has 1 amide bonds. The van der Waals surface area contributed by atoms with Crippen LogP contribution in [-0.2, 0) is 23.1 Å². The lowest BCUT2D eigenvalue weighted by atomic mass is 10.0. The molecule has 1 heterocycles. The molecule has 0 aromatic carbocycles. The largest absolute Gasteiger partial charge is 0.756 e. The smallest absolute Gasteiger partial charge is 0.410 e. The van der Waals surface area contributed by atoms with Gasteiger partial charge in [-0.15, -0.1) is 0 Å². The number of carbonyl (C=O) groups excluding carboxylic acids is 1. The quantitative estimate of drug-likeness (QED) is 0.0713. The predicted octanol–water partition coefficient (Wildman–Crippen LogP) is 6.29. The number of likely N-dealkylation sites (tertiary alicyclic amines) is 1. The lowest BCUT2D eigenvalue weighted by Gasteiger charge is -2.28. The van der Waals surface area contributed by atoms with Crippen LogP contribution in [0.15, 0.2) is 0 Å². The summed E-state index contributed by atoms with van der Waals surface area (Å²) in [6.07, 6.45) is 18.7. The highest BCUT2D eigenvalue weighted by atomic mass is 31.2. The topological polar surface area (TPSA) is 97.4 Å².